The van der Waals surface area contributed by atoms with E-state index in [4.69, 9.17) is 4.42 Å². The molecule has 2 nitrogen and oxygen atoms in total. The standard InChI is InChI=1S/C23H22F2NO/c1-12(2)15-6-7-18(26(5)11-15)20-13(3)8-14(4)21-22-17(25)9-16(24)10-19(22)27-23(20)21/h6-12H,1-5H3/q+1. The molecule has 0 radical (unpaired) electrons. The van der Waals surface area contributed by atoms with E-state index in [9.17, 15) is 8.78 Å². The number of pyridine rings is 1. The van der Waals surface area contributed by atoms with Crippen molar-refractivity contribution >= 4 is 21.9 Å². The van der Waals surface area contributed by atoms with Gasteiger partial charge in [-0.05, 0) is 37.0 Å². The molecule has 0 saturated carbocycles. The van der Waals surface area contributed by atoms with Gasteiger partial charge < -0.3 is 4.42 Å². The van der Waals surface area contributed by atoms with Crippen LogP contribution in [0.15, 0.2) is 40.9 Å². The van der Waals surface area contributed by atoms with Crippen molar-refractivity contribution in [3.05, 3.63) is 64.9 Å². The van der Waals surface area contributed by atoms with E-state index in [-0.39, 0.29) is 5.58 Å². The van der Waals surface area contributed by atoms with Gasteiger partial charge in [0, 0.05) is 29.1 Å². The highest BCUT2D eigenvalue weighted by Crippen LogP contribution is 2.40. The molecule has 0 atom stereocenters. The number of aromatic nitrogens is 1. The van der Waals surface area contributed by atoms with E-state index >= 15 is 0 Å². The summed E-state index contributed by atoms with van der Waals surface area (Å²) in [5.74, 6) is -0.810. The summed E-state index contributed by atoms with van der Waals surface area (Å²) in [5.41, 5.74) is 5.90. The number of nitrogens with zero attached hydrogens (tertiary/aromatic N) is 1. The van der Waals surface area contributed by atoms with Gasteiger partial charge in [-0.3, -0.25) is 0 Å². The van der Waals surface area contributed by atoms with Crippen LogP contribution in [0.2, 0.25) is 0 Å². The fraction of sp³-hybridized carbons (Fsp3) is 0.261. The molecule has 0 N–H and O–H groups in total. The van der Waals surface area contributed by atoms with Crippen molar-refractivity contribution in [1.29, 1.82) is 0 Å². The van der Waals surface area contributed by atoms with Crippen LogP contribution < -0.4 is 4.57 Å². The Kier molecular flexibility index (Phi) is 4.02. The van der Waals surface area contributed by atoms with Gasteiger partial charge in [-0.25, -0.2) is 13.3 Å². The first-order valence-electron chi connectivity index (χ1n) is 9.09. The highest BCUT2D eigenvalue weighted by molar-refractivity contribution is 6.11. The van der Waals surface area contributed by atoms with Crippen molar-refractivity contribution in [3.63, 3.8) is 0 Å². The molecule has 0 bridgehead atoms. The lowest BCUT2D eigenvalue weighted by atomic mass is 9.96. The number of aryl methyl sites for hydroxylation is 3. The zero-order chi connectivity index (χ0) is 19.5. The van der Waals surface area contributed by atoms with Gasteiger partial charge in [0.2, 0.25) is 5.69 Å². The number of benzene rings is 2. The van der Waals surface area contributed by atoms with Crippen LogP contribution in [0.4, 0.5) is 8.78 Å². The molecule has 138 valence electrons. The molecule has 0 unspecified atom stereocenters. The van der Waals surface area contributed by atoms with Crippen molar-refractivity contribution in [2.45, 2.75) is 33.6 Å². The Morgan fingerprint density at radius 3 is 2.37 bits per heavy atom. The number of fused-ring (bicyclic) bond motifs is 3. The summed E-state index contributed by atoms with van der Waals surface area (Å²) >= 11 is 0. The third kappa shape index (κ3) is 2.71. The molecule has 0 spiro atoms. The lowest BCUT2D eigenvalue weighted by molar-refractivity contribution is -0.660. The summed E-state index contributed by atoms with van der Waals surface area (Å²) in [5, 5.41) is 1.04. The molecule has 2 heterocycles. The molecular formula is C23H22F2NO+. The van der Waals surface area contributed by atoms with Gasteiger partial charge >= 0.3 is 0 Å². The quantitative estimate of drug-likeness (QED) is 0.392. The molecule has 4 heteroatoms. The first-order valence-corrected chi connectivity index (χ1v) is 9.09. The molecule has 2 aromatic carbocycles. The molecule has 2 aromatic heterocycles. The Hall–Kier alpha value is -2.75. The topological polar surface area (TPSA) is 17.0 Å². The fourth-order valence-electron chi connectivity index (χ4n) is 3.90. The number of halogens is 2. The second-order valence-electron chi connectivity index (χ2n) is 7.57. The van der Waals surface area contributed by atoms with Crippen molar-refractivity contribution < 1.29 is 17.8 Å². The molecule has 4 rings (SSSR count). The van der Waals surface area contributed by atoms with Crippen LogP contribution in [0, 0.1) is 25.5 Å². The maximum atomic E-state index is 14.5. The number of hydrogen-bond acceptors (Lipinski definition) is 1. The molecular weight excluding hydrogens is 344 g/mol. The first kappa shape index (κ1) is 17.7. The summed E-state index contributed by atoms with van der Waals surface area (Å²) in [7, 11) is 2.00. The lowest BCUT2D eigenvalue weighted by Gasteiger charge is -2.10. The number of hydrogen-bond donors (Lipinski definition) is 0. The van der Waals surface area contributed by atoms with E-state index in [1.54, 1.807) is 0 Å². The Bertz CT molecular complexity index is 1200. The van der Waals surface area contributed by atoms with Gasteiger partial charge in [-0.15, -0.1) is 0 Å². The normalized spacial score (nSPS) is 11.9. The minimum Gasteiger partial charge on any atom is -0.455 e. The van der Waals surface area contributed by atoms with Gasteiger partial charge in [-0.2, -0.15) is 0 Å². The smallest absolute Gasteiger partial charge is 0.216 e. The Balaban J connectivity index is 2.12. The van der Waals surface area contributed by atoms with E-state index in [0.717, 1.165) is 28.5 Å². The largest absolute Gasteiger partial charge is 0.455 e. The molecule has 0 saturated heterocycles. The van der Waals surface area contributed by atoms with Crippen molar-refractivity contribution in [1.82, 2.24) is 0 Å². The predicted molar refractivity (Wildman–Crippen MR) is 104 cm³/mol. The third-order valence-corrected chi connectivity index (χ3v) is 5.24. The Labute approximate surface area is 157 Å². The minimum atomic E-state index is -0.637. The fourth-order valence-corrected chi connectivity index (χ4v) is 3.90. The van der Waals surface area contributed by atoms with Crippen LogP contribution in [0.3, 0.4) is 0 Å². The minimum absolute atomic E-state index is 0.235. The van der Waals surface area contributed by atoms with Crippen LogP contribution >= 0.6 is 0 Å². The van der Waals surface area contributed by atoms with Crippen LogP contribution in [0.25, 0.3) is 33.2 Å². The third-order valence-electron chi connectivity index (χ3n) is 5.24. The molecule has 4 aromatic rings. The van der Waals surface area contributed by atoms with E-state index in [0.29, 0.717) is 22.3 Å². The second-order valence-corrected chi connectivity index (χ2v) is 7.57. The van der Waals surface area contributed by atoms with Gasteiger partial charge in [0.1, 0.15) is 29.8 Å². The van der Waals surface area contributed by atoms with Gasteiger partial charge in [0.25, 0.3) is 0 Å². The maximum absolute atomic E-state index is 14.5. The molecule has 0 aliphatic heterocycles. The summed E-state index contributed by atoms with van der Waals surface area (Å²) in [6.07, 6.45) is 2.11. The average molecular weight is 366 g/mol. The zero-order valence-electron chi connectivity index (χ0n) is 16.2. The van der Waals surface area contributed by atoms with Crippen molar-refractivity contribution in [2.24, 2.45) is 7.05 Å². The summed E-state index contributed by atoms with van der Waals surface area (Å²) < 4.78 is 36.3. The summed E-state index contributed by atoms with van der Waals surface area (Å²) in [6, 6.07) is 8.36. The van der Waals surface area contributed by atoms with E-state index in [2.05, 4.69) is 36.7 Å². The van der Waals surface area contributed by atoms with Crippen LogP contribution in [-0.2, 0) is 7.05 Å². The zero-order valence-corrected chi connectivity index (χ0v) is 16.2. The van der Waals surface area contributed by atoms with Crippen LogP contribution in [0.5, 0.6) is 0 Å². The van der Waals surface area contributed by atoms with E-state index in [1.807, 2.05) is 27.0 Å². The maximum Gasteiger partial charge on any atom is 0.216 e. The van der Waals surface area contributed by atoms with Crippen LogP contribution in [0.1, 0.15) is 36.5 Å². The van der Waals surface area contributed by atoms with Crippen LogP contribution in [-0.4, -0.2) is 0 Å². The SMILES string of the molecule is Cc1cc(C)c2c(oc3cc(F)cc(F)c32)c1-c1ccc(C(C)C)c[n+]1C. The lowest BCUT2D eigenvalue weighted by Crippen LogP contribution is -2.31. The Morgan fingerprint density at radius 2 is 1.70 bits per heavy atom. The summed E-state index contributed by atoms with van der Waals surface area (Å²) in [4.78, 5) is 0. The molecule has 0 amide bonds. The van der Waals surface area contributed by atoms with Gasteiger partial charge in [-0.1, -0.05) is 19.9 Å². The predicted octanol–water partition coefficient (Wildman–Crippen LogP) is 6.10. The monoisotopic (exact) mass is 366 g/mol. The highest BCUT2D eigenvalue weighted by Gasteiger charge is 2.24. The average Bonchev–Trinajstić information content (AvgIpc) is 2.95. The first-order chi connectivity index (χ1) is 12.8. The van der Waals surface area contributed by atoms with Crippen molar-refractivity contribution in [3.8, 4) is 11.3 Å². The van der Waals surface area contributed by atoms with E-state index in [1.165, 1.54) is 11.6 Å². The van der Waals surface area contributed by atoms with Gasteiger partial charge in [0.05, 0.1) is 10.9 Å². The van der Waals surface area contributed by atoms with E-state index < -0.39 is 11.6 Å². The summed E-state index contributed by atoms with van der Waals surface area (Å²) in [6.45, 7) is 8.25. The molecule has 0 aliphatic rings. The molecule has 0 fully saturated rings. The van der Waals surface area contributed by atoms with Gasteiger partial charge in [0.15, 0.2) is 6.20 Å². The highest BCUT2D eigenvalue weighted by atomic mass is 19.1. The second kappa shape index (κ2) is 6.15. The van der Waals surface area contributed by atoms with Crippen molar-refractivity contribution in [2.75, 3.05) is 0 Å². The Morgan fingerprint density at radius 1 is 0.963 bits per heavy atom. The molecule has 0 aliphatic carbocycles. The number of furan rings is 1. The number of rotatable bonds is 2. The molecule has 27 heavy (non-hydrogen) atoms.